The number of nitrogens with one attached hydrogen (secondary N) is 1. The topological polar surface area (TPSA) is 98.8 Å². The molecule has 3 rings (SSSR count). The van der Waals surface area contributed by atoms with Gasteiger partial charge in [-0.3, -0.25) is 4.79 Å². The van der Waals surface area contributed by atoms with Gasteiger partial charge in [0, 0.05) is 28.3 Å². The maximum absolute atomic E-state index is 12.6. The second-order valence-corrected chi connectivity index (χ2v) is 7.34. The average molecular weight is 399 g/mol. The number of hydrogen-bond acceptors (Lipinski definition) is 6. The Morgan fingerprint density at radius 3 is 2.31 bits per heavy atom. The fourth-order valence-electron chi connectivity index (χ4n) is 3.57. The Morgan fingerprint density at radius 2 is 1.66 bits per heavy atom. The van der Waals surface area contributed by atoms with E-state index in [-0.39, 0.29) is 18.7 Å². The van der Waals surface area contributed by atoms with Crippen LogP contribution in [0.3, 0.4) is 0 Å². The molecule has 0 aliphatic rings. The molecule has 0 fully saturated rings. The van der Waals surface area contributed by atoms with Crippen LogP contribution >= 0.6 is 0 Å². The first kappa shape index (κ1) is 20.6. The predicted molar refractivity (Wildman–Crippen MR) is 109 cm³/mol. The van der Waals surface area contributed by atoms with E-state index >= 15 is 0 Å². The zero-order valence-corrected chi connectivity index (χ0v) is 17.5. The van der Waals surface area contributed by atoms with E-state index in [1.54, 1.807) is 6.92 Å². The molecule has 2 aromatic heterocycles. The number of ether oxygens (including phenoxy) is 1. The Morgan fingerprint density at radius 1 is 1.03 bits per heavy atom. The molecular weight excluding hydrogens is 374 g/mol. The Kier molecular flexibility index (Phi) is 5.50. The molecule has 3 aromatic rings. The van der Waals surface area contributed by atoms with Crippen molar-refractivity contribution in [1.82, 2.24) is 5.32 Å². The monoisotopic (exact) mass is 399 g/mol. The molecule has 0 spiro atoms. The molecule has 1 aromatic carbocycles. The van der Waals surface area contributed by atoms with Gasteiger partial charge in [-0.1, -0.05) is 0 Å². The first-order valence-corrected chi connectivity index (χ1v) is 9.48. The number of hydrogen-bond donors (Lipinski definition) is 1. The highest BCUT2D eigenvalue weighted by Gasteiger charge is 2.20. The third kappa shape index (κ3) is 3.64. The third-order valence-electron chi connectivity index (χ3n) is 5.48. The van der Waals surface area contributed by atoms with Crippen LogP contribution in [0.15, 0.2) is 19.7 Å². The molecule has 0 bridgehead atoms. The van der Waals surface area contributed by atoms with Crippen molar-refractivity contribution in [3.8, 4) is 0 Å². The number of aryl methyl sites for hydroxylation is 4. The Balaban J connectivity index is 1.96. The lowest BCUT2D eigenvalue weighted by Crippen LogP contribution is -2.39. The number of carbonyl (C=O) groups is 2. The average Bonchev–Trinajstić information content (AvgIpc) is 2.96. The molecule has 0 saturated carbocycles. The van der Waals surface area contributed by atoms with Crippen molar-refractivity contribution in [2.75, 3.05) is 7.11 Å². The zero-order valence-electron chi connectivity index (χ0n) is 17.5. The standard InChI is InChI=1S/C22H25NO6/c1-10-14(5)28-19-12(3)20-17(9-16(10)19)11(2)15(22(26)29-20)7-8-18(24)23-13(4)21(25)27-6/h9,13H,7-8H2,1-6H3,(H,23,24)/t13-/m1/s1. The van der Waals surface area contributed by atoms with Crippen LogP contribution in [0.4, 0.5) is 0 Å². The molecule has 0 aliphatic heterocycles. The molecule has 0 aliphatic carbocycles. The number of esters is 1. The molecule has 0 unspecified atom stereocenters. The van der Waals surface area contributed by atoms with Crippen LogP contribution in [0.25, 0.3) is 21.9 Å². The van der Waals surface area contributed by atoms with Gasteiger partial charge in [-0.15, -0.1) is 0 Å². The van der Waals surface area contributed by atoms with Crippen LogP contribution in [0.2, 0.25) is 0 Å². The number of amides is 1. The Bertz CT molecular complexity index is 1180. The molecule has 0 radical (unpaired) electrons. The first-order chi connectivity index (χ1) is 13.6. The lowest BCUT2D eigenvalue weighted by Gasteiger charge is -2.12. The fraction of sp³-hybridized carbons (Fsp3) is 0.409. The molecule has 154 valence electrons. The van der Waals surface area contributed by atoms with Crippen molar-refractivity contribution in [3.63, 3.8) is 0 Å². The SMILES string of the molecule is COC(=O)[C@@H](C)NC(=O)CCc1c(C)c2cc3c(C)c(C)oc3c(C)c2oc1=O. The van der Waals surface area contributed by atoms with Gasteiger partial charge in [-0.05, 0) is 58.2 Å². The lowest BCUT2D eigenvalue weighted by molar-refractivity contribution is -0.144. The van der Waals surface area contributed by atoms with E-state index < -0.39 is 17.6 Å². The van der Waals surface area contributed by atoms with Crippen molar-refractivity contribution in [2.45, 2.75) is 53.5 Å². The van der Waals surface area contributed by atoms with E-state index in [1.165, 1.54) is 7.11 Å². The van der Waals surface area contributed by atoms with Crippen molar-refractivity contribution in [3.05, 3.63) is 44.5 Å². The first-order valence-electron chi connectivity index (χ1n) is 9.48. The second kappa shape index (κ2) is 7.73. The summed E-state index contributed by atoms with van der Waals surface area (Å²) in [6.45, 7) is 9.17. The number of fused-ring (bicyclic) bond motifs is 2. The number of methoxy groups -OCH3 is 1. The normalized spacial score (nSPS) is 12.3. The largest absolute Gasteiger partial charge is 0.467 e. The summed E-state index contributed by atoms with van der Waals surface area (Å²) < 4.78 is 16.0. The third-order valence-corrected chi connectivity index (χ3v) is 5.48. The summed E-state index contributed by atoms with van der Waals surface area (Å²) in [7, 11) is 1.26. The van der Waals surface area contributed by atoms with Gasteiger partial charge in [-0.25, -0.2) is 9.59 Å². The second-order valence-electron chi connectivity index (χ2n) is 7.34. The fourth-order valence-corrected chi connectivity index (χ4v) is 3.57. The van der Waals surface area contributed by atoms with Crippen LogP contribution in [0.1, 0.15) is 41.4 Å². The van der Waals surface area contributed by atoms with Crippen LogP contribution in [0.5, 0.6) is 0 Å². The number of carbonyl (C=O) groups excluding carboxylic acids is 2. The smallest absolute Gasteiger partial charge is 0.339 e. The summed E-state index contributed by atoms with van der Waals surface area (Å²) in [4.78, 5) is 36.2. The van der Waals surface area contributed by atoms with Crippen molar-refractivity contribution in [2.24, 2.45) is 0 Å². The maximum atomic E-state index is 12.6. The van der Waals surface area contributed by atoms with Gasteiger partial charge in [-0.2, -0.15) is 0 Å². The molecule has 0 saturated heterocycles. The van der Waals surface area contributed by atoms with Gasteiger partial charge in [0.05, 0.1) is 7.11 Å². The van der Waals surface area contributed by atoms with E-state index in [9.17, 15) is 14.4 Å². The summed E-state index contributed by atoms with van der Waals surface area (Å²) in [6, 6.07) is 1.23. The summed E-state index contributed by atoms with van der Waals surface area (Å²) in [5, 5.41) is 4.38. The summed E-state index contributed by atoms with van der Waals surface area (Å²) in [5.74, 6) is -0.0326. The minimum absolute atomic E-state index is 0.0590. The molecule has 2 heterocycles. The van der Waals surface area contributed by atoms with E-state index in [2.05, 4.69) is 10.1 Å². The summed E-state index contributed by atoms with van der Waals surface area (Å²) >= 11 is 0. The maximum Gasteiger partial charge on any atom is 0.339 e. The van der Waals surface area contributed by atoms with Crippen LogP contribution in [0, 0.1) is 27.7 Å². The minimum Gasteiger partial charge on any atom is -0.467 e. The Labute approximate surface area is 168 Å². The molecular formula is C22H25NO6. The van der Waals surface area contributed by atoms with Crippen LogP contribution in [-0.2, 0) is 20.7 Å². The molecule has 1 atom stereocenters. The van der Waals surface area contributed by atoms with E-state index in [0.29, 0.717) is 11.1 Å². The molecule has 1 N–H and O–H groups in total. The molecule has 29 heavy (non-hydrogen) atoms. The Hall–Kier alpha value is -3.09. The highest BCUT2D eigenvalue weighted by atomic mass is 16.5. The predicted octanol–water partition coefficient (Wildman–Crippen LogP) is 3.38. The molecule has 7 nitrogen and oxygen atoms in total. The number of rotatable bonds is 5. The minimum atomic E-state index is -0.746. The van der Waals surface area contributed by atoms with Gasteiger partial charge < -0.3 is 18.9 Å². The van der Waals surface area contributed by atoms with Gasteiger partial charge in [0.15, 0.2) is 0 Å². The van der Waals surface area contributed by atoms with Crippen LogP contribution in [-0.4, -0.2) is 25.0 Å². The summed E-state index contributed by atoms with van der Waals surface area (Å²) in [6.07, 6.45) is 0.272. The van der Waals surface area contributed by atoms with E-state index in [1.807, 2.05) is 33.8 Å². The van der Waals surface area contributed by atoms with E-state index in [4.69, 9.17) is 8.83 Å². The van der Waals surface area contributed by atoms with Crippen molar-refractivity contribution < 1.29 is 23.2 Å². The zero-order chi connectivity index (χ0) is 21.5. The van der Waals surface area contributed by atoms with Gasteiger partial charge in [0.1, 0.15) is 23.0 Å². The number of furan rings is 1. The highest BCUT2D eigenvalue weighted by Crippen LogP contribution is 2.34. The lowest BCUT2D eigenvalue weighted by atomic mass is 9.98. The van der Waals surface area contributed by atoms with Crippen LogP contribution < -0.4 is 10.9 Å². The molecule has 7 heteroatoms. The van der Waals surface area contributed by atoms with Gasteiger partial charge in [0.2, 0.25) is 5.91 Å². The van der Waals surface area contributed by atoms with E-state index in [0.717, 1.165) is 38.8 Å². The quantitative estimate of drug-likeness (QED) is 0.522. The summed E-state index contributed by atoms with van der Waals surface area (Å²) in [5.41, 5.74) is 3.83. The van der Waals surface area contributed by atoms with Gasteiger partial charge >= 0.3 is 11.6 Å². The molecule has 1 amide bonds. The van der Waals surface area contributed by atoms with Crippen molar-refractivity contribution >= 4 is 33.8 Å². The van der Waals surface area contributed by atoms with Crippen molar-refractivity contribution in [1.29, 1.82) is 0 Å². The highest BCUT2D eigenvalue weighted by molar-refractivity contribution is 6.00. The number of benzene rings is 1. The van der Waals surface area contributed by atoms with Gasteiger partial charge in [0.25, 0.3) is 0 Å².